The second kappa shape index (κ2) is 7.21. The summed E-state index contributed by atoms with van der Waals surface area (Å²) in [5.74, 6) is -0.0652. The molecule has 2 rings (SSSR count). The highest BCUT2D eigenvalue weighted by molar-refractivity contribution is 6.04. The molecular formula is C16H17N3O. The van der Waals surface area contributed by atoms with Crippen LogP contribution in [-0.2, 0) is 6.54 Å². The van der Waals surface area contributed by atoms with E-state index in [0.717, 1.165) is 5.70 Å². The number of hydrazine groups is 1. The summed E-state index contributed by atoms with van der Waals surface area (Å²) < 4.78 is 0. The first-order chi connectivity index (χ1) is 9.75. The van der Waals surface area contributed by atoms with Gasteiger partial charge in [-0.3, -0.25) is 9.78 Å². The molecule has 0 aliphatic heterocycles. The molecule has 2 N–H and O–H groups in total. The van der Waals surface area contributed by atoms with Crippen LogP contribution in [0.15, 0.2) is 66.6 Å². The van der Waals surface area contributed by atoms with Gasteiger partial charge in [0.2, 0.25) is 0 Å². The summed E-state index contributed by atoms with van der Waals surface area (Å²) in [4.78, 5) is 15.8. The third-order valence-corrected chi connectivity index (χ3v) is 2.71. The van der Waals surface area contributed by atoms with Crippen molar-refractivity contribution < 1.29 is 4.79 Å². The quantitative estimate of drug-likeness (QED) is 0.479. The molecule has 0 fully saturated rings. The average Bonchev–Trinajstić information content (AvgIpc) is 2.49. The predicted octanol–water partition coefficient (Wildman–Crippen LogP) is 2.46. The Labute approximate surface area is 118 Å². The highest BCUT2D eigenvalue weighted by atomic mass is 16.1. The number of hydrogen-bond acceptors (Lipinski definition) is 4. The minimum absolute atomic E-state index is 0.0652. The maximum absolute atomic E-state index is 11.9. The molecule has 0 radical (unpaired) electrons. The van der Waals surface area contributed by atoms with Crippen molar-refractivity contribution in [2.45, 2.75) is 13.5 Å². The number of carbonyl (C=O) groups is 1. The van der Waals surface area contributed by atoms with Crippen LogP contribution in [0.4, 0.5) is 0 Å². The van der Waals surface area contributed by atoms with E-state index in [9.17, 15) is 4.79 Å². The van der Waals surface area contributed by atoms with Crippen molar-refractivity contribution >= 4 is 5.78 Å². The van der Waals surface area contributed by atoms with Gasteiger partial charge in [-0.15, -0.1) is 0 Å². The molecule has 2 aromatic rings. The van der Waals surface area contributed by atoms with Crippen LogP contribution in [0.1, 0.15) is 22.8 Å². The third-order valence-electron chi connectivity index (χ3n) is 2.71. The molecule has 20 heavy (non-hydrogen) atoms. The molecule has 0 spiro atoms. The Morgan fingerprint density at radius 3 is 2.70 bits per heavy atom. The molecule has 0 bridgehead atoms. The van der Waals surface area contributed by atoms with Crippen LogP contribution in [0.25, 0.3) is 0 Å². The van der Waals surface area contributed by atoms with Crippen molar-refractivity contribution in [1.29, 1.82) is 0 Å². The van der Waals surface area contributed by atoms with Crippen molar-refractivity contribution in [1.82, 2.24) is 15.8 Å². The van der Waals surface area contributed by atoms with E-state index in [1.54, 1.807) is 30.6 Å². The second-order valence-corrected chi connectivity index (χ2v) is 4.40. The van der Waals surface area contributed by atoms with Crippen LogP contribution in [0.5, 0.6) is 0 Å². The van der Waals surface area contributed by atoms with E-state index in [1.807, 2.05) is 37.3 Å². The van der Waals surface area contributed by atoms with Crippen LogP contribution in [-0.4, -0.2) is 10.8 Å². The molecule has 1 heterocycles. The van der Waals surface area contributed by atoms with Crippen LogP contribution in [0.2, 0.25) is 0 Å². The van der Waals surface area contributed by atoms with Gasteiger partial charge in [-0.25, -0.2) is 5.43 Å². The van der Waals surface area contributed by atoms with E-state index in [2.05, 4.69) is 15.8 Å². The van der Waals surface area contributed by atoms with Gasteiger partial charge in [0.15, 0.2) is 5.78 Å². The van der Waals surface area contributed by atoms with Crippen molar-refractivity contribution in [2.75, 3.05) is 0 Å². The second-order valence-electron chi connectivity index (χ2n) is 4.40. The average molecular weight is 267 g/mol. The van der Waals surface area contributed by atoms with Gasteiger partial charge in [-0.2, -0.15) is 0 Å². The third kappa shape index (κ3) is 4.33. The molecule has 1 aromatic heterocycles. The highest BCUT2D eigenvalue weighted by Gasteiger charge is 2.02. The first kappa shape index (κ1) is 14.0. The number of ketones is 1. The van der Waals surface area contributed by atoms with Crippen molar-refractivity contribution in [3.05, 3.63) is 77.8 Å². The van der Waals surface area contributed by atoms with Crippen LogP contribution < -0.4 is 10.9 Å². The number of nitrogens with zero attached hydrogens (tertiary/aromatic N) is 1. The number of benzene rings is 1. The maximum atomic E-state index is 11.9. The first-order valence-electron chi connectivity index (χ1n) is 6.41. The van der Waals surface area contributed by atoms with E-state index >= 15 is 0 Å². The van der Waals surface area contributed by atoms with E-state index < -0.39 is 0 Å². The topological polar surface area (TPSA) is 54.0 Å². The standard InChI is InChI=1S/C16H17N3O/c1-13(10-16(20)15-8-5-9-17-12-15)19-18-11-14-6-3-2-4-7-14/h2-10,12,18-19H,11H2,1H3/b13-10+. The van der Waals surface area contributed by atoms with Gasteiger partial charge in [-0.05, 0) is 24.6 Å². The molecule has 0 aliphatic carbocycles. The highest BCUT2D eigenvalue weighted by Crippen LogP contribution is 2.01. The lowest BCUT2D eigenvalue weighted by Gasteiger charge is -2.08. The monoisotopic (exact) mass is 267 g/mol. The molecule has 0 amide bonds. The number of carbonyl (C=O) groups excluding carboxylic acids is 1. The number of allylic oxidation sites excluding steroid dienone is 2. The van der Waals surface area contributed by atoms with E-state index in [-0.39, 0.29) is 5.78 Å². The smallest absolute Gasteiger partial charge is 0.189 e. The predicted molar refractivity (Wildman–Crippen MR) is 78.7 cm³/mol. The Hall–Kier alpha value is -2.46. The van der Waals surface area contributed by atoms with Crippen molar-refractivity contribution in [2.24, 2.45) is 0 Å². The summed E-state index contributed by atoms with van der Waals surface area (Å²) in [6, 6.07) is 13.5. The minimum atomic E-state index is -0.0652. The van der Waals surface area contributed by atoms with Crippen molar-refractivity contribution in [3.8, 4) is 0 Å². The van der Waals surface area contributed by atoms with Gasteiger partial charge in [-0.1, -0.05) is 30.3 Å². The lowest BCUT2D eigenvalue weighted by atomic mass is 10.2. The maximum Gasteiger partial charge on any atom is 0.189 e. The van der Waals surface area contributed by atoms with Crippen LogP contribution >= 0.6 is 0 Å². The minimum Gasteiger partial charge on any atom is -0.325 e. The molecule has 4 nitrogen and oxygen atoms in total. The molecule has 0 saturated carbocycles. The fourth-order valence-corrected chi connectivity index (χ4v) is 1.71. The zero-order valence-corrected chi connectivity index (χ0v) is 11.3. The molecule has 4 heteroatoms. The Kier molecular flexibility index (Phi) is 5.03. The molecule has 0 unspecified atom stereocenters. The number of pyridine rings is 1. The fourth-order valence-electron chi connectivity index (χ4n) is 1.71. The van der Waals surface area contributed by atoms with Gasteiger partial charge in [0, 0.05) is 36.3 Å². The molecule has 0 aliphatic rings. The fraction of sp³-hybridized carbons (Fsp3) is 0.125. The van der Waals surface area contributed by atoms with Gasteiger partial charge < -0.3 is 5.43 Å². The Bertz CT molecular complexity index is 579. The Morgan fingerprint density at radius 1 is 1.20 bits per heavy atom. The normalized spacial score (nSPS) is 11.2. The summed E-state index contributed by atoms with van der Waals surface area (Å²) in [5.41, 5.74) is 8.59. The summed E-state index contributed by atoms with van der Waals surface area (Å²) in [6.07, 6.45) is 4.76. The molecular weight excluding hydrogens is 250 g/mol. The van der Waals surface area contributed by atoms with Crippen molar-refractivity contribution in [3.63, 3.8) is 0 Å². The van der Waals surface area contributed by atoms with Crippen LogP contribution in [0.3, 0.4) is 0 Å². The van der Waals surface area contributed by atoms with E-state index in [1.165, 1.54) is 5.56 Å². The molecule has 0 saturated heterocycles. The number of nitrogens with one attached hydrogen (secondary N) is 2. The summed E-state index contributed by atoms with van der Waals surface area (Å²) in [5, 5.41) is 0. The number of hydrogen-bond donors (Lipinski definition) is 2. The van der Waals surface area contributed by atoms with E-state index in [0.29, 0.717) is 12.1 Å². The lowest BCUT2D eigenvalue weighted by molar-refractivity contribution is 0.104. The van der Waals surface area contributed by atoms with Gasteiger partial charge in [0.1, 0.15) is 0 Å². The molecule has 0 atom stereocenters. The summed E-state index contributed by atoms with van der Waals surface area (Å²) >= 11 is 0. The van der Waals surface area contributed by atoms with Crippen LogP contribution in [0, 0.1) is 0 Å². The zero-order valence-electron chi connectivity index (χ0n) is 11.3. The SMILES string of the molecule is C/C(=C\C(=O)c1cccnc1)NNCc1ccccc1. The zero-order chi connectivity index (χ0) is 14.2. The summed E-state index contributed by atoms with van der Waals surface area (Å²) in [6.45, 7) is 2.53. The molecule has 1 aromatic carbocycles. The number of aromatic nitrogens is 1. The Balaban J connectivity index is 1.84. The largest absolute Gasteiger partial charge is 0.325 e. The summed E-state index contributed by atoms with van der Waals surface area (Å²) in [7, 11) is 0. The van der Waals surface area contributed by atoms with Gasteiger partial charge >= 0.3 is 0 Å². The lowest BCUT2D eigenvalue weighted by Crippen LogP contribution is -2.29. The number of rotatable bonds is 6. The first-order valence-corrected chi connectivity index (χ1v) is 6.41. The van der Waals surface area contributed by atoms with E-state index in [4.69, 9.17) is 0 Å². The van der Waals surface area contributed by atoms with Gasteiger partial charge in [0.25, 0.3) is 0 Å². The Morgan fingerprint density at radius 2 is 2.00 bits per heavy atom. The molecule has 102 valence electrons. The van der Waals surface area contributed by atoms with Gasteiger partial charge in [0.05, 0.1) is 0 Å².